The van der Waals surface area contributed by atoms with E-state index in [2.05, 4.69) is 101 Å². The van der Waals surface area contributed by atoms with E-state index in [1.54, 1.807) is 18.3 Å². The second-order valence-electron chi connectivity index (χ2n) is 10.7. The SMILES string of the molecule is CSc1nccc(-c2c(-c3ccc(F)cc3)nc3n2C(CN=P(c2ccccc2)(c2ccccc2)c2ccccc2)CC3)n1. The Labute approximate surface area is 261 Å². The number of aromatic nitrogens is 4. The van der Waals surface area contributed by atoms with Crippen LogP contribution in [0.4, 0.5) is 4.39 Å². The monoisotopic (exact) mass is 615 g/mol. The predicted molar refractivity (Wildman–Crippen MR) is 180 cm³/mol. The first-order valence-electron chi connectivity index (χ1n) is 14.7. The minimum Gasteiger partial charge on any atom is -0.321 e. The van der Waals surface area contributed by atoms with Gasteiger partial charge in [0.05, 0.1) is 36.7 Å². The standard InChI is InChI=1S/C36H31FN5PS/c1-44-36-38-24-23-32(40-36)35-34(26-17-19-27(37)20-18-26)41-33-22-21-28(42(33)35)25-39-43(29-11-5-2-6-12-29,30-13-7-3-8-14-30)31-15-9-4-10-16-31/h2-20,23-24,28H,21-22,25H2,1H3. The normalized spacial score (nSPS) is 14.4. The summed E-state index contributed by atoms with van der Waals surface area (Å²) < 4.78 is 22.0. The van der Waals surface area contributed by atoms with Crippen LogP contribution in [0.1, 0.15) is 18.3 Å². The third-order valence-electron chi connectivity index (χ3n) is 8.12. The molecule has 8 heteroatoms. The maximum Gasteiger partial charge on any atom is 0.187 e. The Balaban J connectivity index is 1.42. The summed E-state index contributed by atoms with van der Waals surface area (Å²) in [5.41, 5.74) is 3.42. The van der Waals surface area contributed by atoms with E-state index in [1.165, 1.54) is 39.8 Å². The first-order chi connectivity index (χ1) is 21.7. The quantitative estimate of drug-likeness (QED) is 0.101. The maximum absolute atomic E-state index is 13.9. The number of aryl methyl sites for hydroxylation is 1. The van der Waals surface area contributed by atoms with E-state index in [-0.39, 0.29) is 11.9 Å². The van der Waals surface area contributed by atoms with Gasteiger partial charge in [-0.1, -0.05) is 103 Å². The van der Waals surface area contributed by atoms with E-state index >= 15 is 0 Å². The fourth-order valence-electron chi connectivity index (χ4n) is 6.11. The molecule has 0 radical (unpaired) electrons. The van der Waals surface area contributed by atoms with Crippen LogP contribution < -0.4 is 15.9 Å². The molecule has 1 aliphatic heterocycles. The van der Waals surface area contributed by atoms with Crippen LogP contribution >= 0.6 is 18.8 Å². The number of hydrogen-bond acceptors (Lipinski definition) is 5. The molecule has 4 aromatic carbocycles. The Bertz CT molecular complexity index is 1840. The van der Waals surface area contributed by atoms with E-state index in [0.717, 1.165) is 41.3 Å². The largest absolute Gasteiger partial charge is 0.321 e. The Morgan fingerprint density at radius 1 is 0.795 bits per heavy atom. The second-order valence-corrected chi connectivity index (χ2v) is 14.6. The lowest BCUT2D eigenvalue weighted by atomic mass is 10.1. The highest BCUT2D eigenvalue weighted by molar-refractivity contribution is 7.98. The molecular weight excluding hydrogens is 584 g/mol. The molecule has 6 aromatic rings. The van der Waals surface area contributed by atoms with E-state index in [9.17, 15) is 4.39 Å². The molecule has 0 saturated heterocycles. The van der Waals surface area contributed by atoms with Gasteiger partial charge >= 0.3 is 0 Å². The van der Waals surface area contributed by atoms with E-state index in [0.29, 0.717) is 11.7 Å². The van der Waals surface area contributed by atoms with Gasteiger partial charge in [-0.05, 0) is 43.0 Å². The smallest absolute Gasteiger partial charge is 0.187 e. The zero-order chi connectivity index (χ0) is 29.9. The van der Waals surface area contributed by atoms with Crippen molar-refractivity contribution in [3.05, 3.63) is 139 Å². The molecule has 5 nitrogen and oxygen atoms in total. The molecular formula is C36H31FN5PS. The number of thioether (sulfide) groups is 1. The lowest BCUT2D eigenvalue weighted by Gasteiger charge is -2.28. The molecule has 0 N–H and O–H groups in total. The van der Waals surface area contributed by atoms with Gasteiger partial charge in [-0.3, -0.25) is 4.74 Å². The Kier molecular flexibility index (Phi) is 7.99. The Morgan fingerprint density at radius 2 is 1.39 bits per heavy atom. The molecule has 0 spiro atoms. The summed E-state index contributed by atoms with van der Waals surface area (Å²) in [5.74, 6) is 0.736. The van der Waals surface area contributed by atoms with Gasteiger partial charge in [-0.25, -0.2) is 19.3 Å². The van der Waals surface area contributed by atoms with Crippen LogP contribution in [-0.4, -0.2) is 32.3 Å². The summed E-state index contributed by atoms with van der Waals surface area (Å²) in [5, 5.41) is 4.39. The summed E-state index contributed by atoms with van der Waals surface area (Å²) in [6.45, 7) is 0.617. The van der Waals surface area contributed by atoms with Crippen LogP contribution in [0.5, 0.6) is 0 Å². The number of nitrogens with zero attached hydrogens (tertiary/aromatic N) is 5. The molecule has 0 fully saturated rings. The molecule has 3 heterocycles. The van der Waals surface area contributed by atoms with Crippen molar-refractivity contribution in [2.45, 2.75) is 24.0 Å². The summed E-state index contributed by atoms with van der Waals surface area (Å²) in [6, 6.07) is 40.8. The van der Waals surface area contributed by atoms with Crippen LogP contribution in [0.25, 0.3) is 22.6 Å². The minimum absolute atomic E-state index is 0.0879. The number of fused-ring (bicyclic) bond motifs is 1. The third kappa shape index (κ3) is 5.21. The van der Waals surface area contributed by atoms with Gasteiger partial charge in [0.2, 0.25) is 0 Å². The van der Waals surface area contributed by atoms with E-state index in [4.69, 9.17) is 14.7 Å². The Morgan fingerprint density at radius 3 is 1.95 bits per heavy atom. The molecule has 0 aliphatic carbocycles. The van der Waals surface area contributed by atoms with Crippen molar-refractivity contribution in [2.75, 3.05) is 12.8 Å². The molecule has 0 bridgehead atoms. The molecule has 0 amide bonds. The van der Waals surface area contributed by atoms with Gasteiger partial charge in [0.15, 0.2) is 5.16 Å². The zero-order valence-electron chi connectivity index (χ0n) is 24.3. The van der Waals surface area contributed by atoms with E-state index in [1.807, 2.05) is 12.3 Å². The van der Waals surface area contributed by atoms with Gasteiger partial charge in [-0.2, -0.15) is 0 Å². The predicted octanol–water partition coefficient (Wildman–Crippen LogP) is 7.53. The second kappa shape index (κ2) is 12.4. The molecule has 2 aromatic heterocycles. The number of imidazole rings is 1. The highest BCUT2D eigenvalue weighted by Gasteiger charge is 2.33. The average molecular weight is 616 g/mol. The maximum atomic E-state index is 13.9. The summed E-state index contributed by atoms with van der Waals surface area (Å²) in [4.78, 5) is 14.4. The van der Waals surface area contributed by atoms with Crippen molar-refractivity contribution in [1.82, 2.24) is 19.5 Å². The van der Waals surface area contributed by atoms with Crippen molar-refractivity contribution in [1.29, 1.82) is 0 Å². The molecule has 44 heavy (non-hydrogen) atoms. The minimum atomic E-state index is -2.35. The molecule has 218 valence electrons. The van der Waals surface area contributed by atoms with Crippen LogP contribution in [-0.2, 0) is 6.42 Å². The van der Waals surface area contributed by atoms with Crippen molar-refractivity contribution >= 4 is 34.7 Å². The number of halogens is 1. The van der Waals surface area contributed by atoms with Crippen molar-refractivity contribution in [2.24, 2.45) is 4.74 Å². The first-order valence-corrected chi connectivity index (χ1v) is 17.6. The molecule has 1 unspecified atom stereocenters. The summed E-state index contributed by atoms with van der Waals surface area (Å²) in [7, 11) is -2.35. The van der Waals surface area contributed by atoms with Crippen molar-refractivity contribution < 1.29 is 4.39 Å². The van der Waals surface area contributed by atoms with Gasteiger partial charge in [0, 0.05) is 34.1 Å². The highest BCUT2D eigenvalue weighted by atomic mass is 32.2. The summed E-state index contributed by atoms with van der Waals surface area (Å²) >= 11 is 1.51. The Hall–Kier alpha value is -4.32. The van der Waals surface area contributed by atoms with Crippen LogP contribution in [0, 0.1) is 5.82 Å². The fourth-order valence-corrected chi connectivity index (χ4v) is 10.1. The van der Waals surface area contributed by atoms with Gasteiger partial charge < -0.3 is 4.57 Å². The number of hydrogen-bond donors (Lipinski definition) is 0. The van der Waals surface area contributed by atoms with E-state index < -0.39 is 7.05 Å². The molecule has 0 saturated carbocycles. The molecule has 7 rings (SSSR count). The summed E-state index contributed by atoms with van der Waals surface area (Å²) in [6.07, 6.45) is 5.54. The van der Waals surface area contributed by atoms with Gasteiger partial charge in [-0.15, -0.1) is 0 Å². The van der Waals surface area contributed by atoms with Crippen LogP contribution in [0.3, 0.4) is 0 Å². The highest BCUT2D eigenvalue weighted by Crippen LogP contribution is 2.48. The number of rotatable bonds is 8. The van der Waals surface area contributed by atoms with Crippen molar-refractivity contribution in [3.8, 4) is 22.6 Å². The average Bonchev–Trinajstić information content (AvgIpc) is 3.67. The molecule has 1 atom stereocenters. The zero-order valence-corrected chi connectivity index (χ0v) is 26.0. The van der Waals surface area contributed by atoms with Crippen molar-refractivity contribution in [3.63, 3.8) is 0 Å². The van der Waals surface area contributed by atoms with Gasteiger partial charge in [0.1, 0.15) is 11.6 Å². The fraction of sp³-hybridized carbons (Fsp3) is 0.139. The van der Waals surface area contributed by atoms with Gasteiger partial charge in [0.25, 0.3) is 0 Å². The topological polar surface area (TPSA) is 56.0 Å². The van der Waals surface area contributed by atoms with Crippen LogP contribution in [0.2, 0.25) is 0 Å². The lowest BCUT2D eigenvalue weighted by Crippen LogP contribution is -2.26. The lowest BCUT2D eigenvalue weighted by molar-refractivity contribution is 0.546. The first kappa shape index (κ1) is 28.5. The third-order valence-corrected chi connectivity index (χ3v) is 12.4. The van der Waals surface area contributed by atoms with Crippen LogP contribution in [0.15, 0.2) is 137 Å². The molecule has 1 aliphatic rings. The number of benzene rings is 4.